The molecular formula is C13H12N4S. The Kier molecular flexibility index (Phi) is 2.90. The molecule has 3 aromatic rings. The van der Waals surface area contributed by atoms with Crippen LogP contribution in [0.1, 0.15) is 18.5 Å². The molecule has 1 atom stereocenters. The molecule has 0 saturated carbocycles. The zero-order chi connectivity index (χ0) is 12.4. The Morgan fingerprint density at radius 3 is 2.83 bits per heavy atom. The summed E-state index contributed by atoms with van der Waals surface area (Å²) in [5.74, 6) is 0.888. The Morgan fingerprint density at radius 2 is 2.00 bits per heavy atom. The van der Waals surface area contributed by atoms with Crippen LogP contribution in [0.2, 0.25) is 0 Å². The molecule has 1 unspecified atom stereocenters. The number of nitrogens with zero attached hydrogens (tertiary/aromatic N) is 3. The summed E-state index contributed by atoms with van der Waals surface area (Å²) >= 11 is 1.65. The van der Waals surface area contributed by atoms with Gasteiger partial charge in [-0.2, -0.15) is 0 Å². The van der Waals surface area contributed by atoms with E-state index in [0.717, 1.165) is 16.0 Å². The van der Waals surface area contributed by atoms with Crippen LogP contribution in [0, 0.1) is 0 Å². The topological polar surface area (TPSA) is 50.7 Å². The molecule has 0 amide bonds. The number of anilines is 1. The van der Waals surface area contributed by atoms with Crippen LogP contribution >= 0.6 is 11.3 Å². The number of aromatic nitrogens is 3. The maximum atomic E-state index is 4.32. The second-order valence-corrected chi connectivity index (χ2v) is 4.92. The molecule has 0 aliphatic carbocycles. The van der Waals surface area contributed by atoms with E-state index in [2.05, 4.69) is 27.2 Å². The minimum Gasteiger partial charge on any atom is -0.362 e. The van der Waals surface area contributed by atoms with Gasteiger partial charge in [-0.3, -0.25) is 4.98 Å². The Morgan fingerprint density at radius 1 is 1.17 bits per heavy atom. The van der Waals surface area contributed by atoms with E-state index in [1.165, 1.54) is 5.56 Å². The van der Waals surface area contributed by atoms with Crippen molar-refractivity contribution in [1.29, 1.82) is 0 Å². The van der Waals surface area contributed by atoms with Crippen molar-refractivity contribution >= 4 is 27.4 Å². The third kappa shape index (κ3) is 2.04. The van der Waals surface area contributed by atoms with Gasteiger partial charge in [0.15, 0.2) is 0 Å². The predicted octanol–water partition coefficient (Wildman–Crippen LogP) is 3.26. The number of rotatable bonds is 3. The van der Waals surface area contributed by atoms with Gasteiger partial charge in [-0.25, -0.2) is 9.97 Å². The predicted molar refractivity (Wildman–Crippen MR) is 73.7 cm³/mol. The maximum absolute atomic E-state index is 4.32. The molecule has 18 heavy (non-hydrogen) atoms. The van der Waals surface area contributed by atoms with Crippen molar-refractivity contribution in [1.82, 2.24) is 15.0 Å². The fourth-order valence-corrected chi connectivity index (χ4v) is 2.63. The third-order valence-electron chi connectivity index (χ3n) is 2.80. The maximum Gasteiger partial charge on any atom is 0.147 e. The number of fused-ring (bicyclic) bond motifs is 1. The summed E-state index contributed by atoms with van der Waals surface area (Å²) < 4.78 is 1.10. The first-order chi connectivity index (χ1) is 8.84. The Labute approximate surface area is 109 Å². The van der Waals surface area contributed by atoms with E-state index < -0.39 is 0 Å². The van der Waals surface area contributed by atoms with Crippen LogP contribution in [0.15, 0.2) is 42.3 Å². The fraction of sp³-hybridized carbons (Fsp3) is 0.154. The Hall–Kier alpha value is -2.01. The standard InChI is InChI=1S/C13H12N4S/c1-9(10-2-5-14-6-3-10)17-13-12-11(4-7-18-12)15-8-16-13/h2-9H,1H3,(H,15,16,17). The fourth-order valence-electron chi connectivity index (χ4n) is 1.83. The molecule has 3 heterocycles. The molecule has 90 valence electrons. The average Bonchev–Trinajstić information content (AvgIpc) is 2.89. The summed E-state index contributed by atoms with van der Waals surface area (Å²) in [7, 11) is 0. The lowest BCUT2D eigenvalue weighted by Gasteiger charge is -2.14. The molecule has 0 saturated heterocycles. The lowest BCUT2D eigenvalue weighted by Crippen LogP contribution is -2.08. The van der Waals surface area contributed by atoms with Crippen molar-refractivity contribution in [3.8, 4) is 0 Å². The van der Waals surface area contributed by atoms with Gasteiger partial charge in [0.2, 0.25) is 0 Å². The molecule has 0 aromatic carbocycles. The minimum absolute atomic E-state index is 0.188. The van der Waals surface area contributed by atoms with Crippen molar-refractivity contribution in [2.24, 2.45) is 0 Å². The molecule has 4 nitrogen and oxygen atoms in total. The molecule has 3 rings (SSSR count). The molecular weight excluding hydrogens is 244 g/mol. The summed E-state index contributed by atoms with van der Waals surface area (Å²) in [5, 5.41) is 5.45. The zero-order valence-corrected chi connectivity index (χ0v) is 10.7. The normalized spacial score (nSPS) is 12.5. The lowest BCUT2D eigenvalue weighted by molar-refractivity contribution is 0.873. The molecule has 0 bridgehead atoms. The van der Waals surface area contributed by atoms with E-state index >= 15 is 0 Å². The van der Waals surface area contributed by atoms with Gasteiger partial charge in [0.25, 0.3) is 0 Å². The van der Waals surface area contributed by atoms with Crippen LogP contribution < -0.4 is 5.32 Å². The summed E-state index contributed by atoms with van der Waals surface area (Å²) in [4.78, 5) is 12.6. The third-order valence-corrected chi connectivity index (χ3v) is 3.71. The number of hydrogen-bond donors (Lipinski definition) is 1. The summed E-state index contributed by atoms with van der Waals surface area (Å²) in [6.07, 6.45) is 5.19. The Balaban J connectivity index is 1.91. The van der Waals surface area contributed by atoms with Crippen molar-refractivity contribution in [3.05, 3.63) is 47.9 Å². The van der Waals surface area contributed by atoms with Crippen LogP contribution in [0.25, 0.3) is 10.2 Å². The lowest BCUT2D eigenvalue weighted by atomic mass is 10.1. The first-order valence-corrected chi connectivity index (χ1v) is 6.57. The van der Waals surface area contributed by atoms with E-state index in [-0.39, 0.29) is 6.04 Å². The Bertz CT molecular complexity index is 650. The highest BCUT2D eigenvalue weighted by molar-refractivity contribution is 7.17. The molecule has 1 N–H and O–H groups in total. The van der Waals surface area contributed by atoms with E-state index in [9.17, 15) is 0 Å². The van der Waals surface area contributed by atoms with Gasteiger partial charge in [0.1, 0.15) is 12.1 Å². The van der Waals surface area contributed by atoms with Crippen LogP contribution in [0.4, 0.5) is 5.82 Å². The quantitative estimate of drug-likeness (QED) is 0.781. The number of nitrogens with one attached hydrogen (secondary N) is 1. The first kappa shape index (κ1) is 11.1. The highest BCUT2D eigenvalue weighted by Gasteiger charge is 2.09. The second-order valence-electron chi connectivity index (χ2n) is 4.00. The smallest absolute Gasteiger partial charge is 0.147 e. The van der Waals surface area contributed by atoms with Gasteiger partial charge < -0.3 is 5.32 Å². The minimum atomic E-state index is 0.188. The monoisotopic (exact) mass is 256 g/mol. The van der Waals surface area contributed by atoms with Gasteiger partial charge in [0.05, 0.1) is 16.3 Å². The average molecular weight is 256 g/mol. The SMILES string of the molecule is CC(Nc1ncnc2ccsc12)c1ccncc1. The van der Waals surface area contributed by atoms with Gasteiger partial charge >= 0.3 is 0 Å². The number of thiophene rings is 1. The van der Waals surface area contributed by atoms with Crippen LogP contribution in [0.5, 0.6) is 0 Å². The van der Waals surface area contributed by atoms with E-state index in [1.807, 2.05) is 23.6 Å². The molecule has 0 aliphatic heterocycles. The van der Waals surface area contributed by atoms with E-state index in [1.54, 1.807) is 30.1 Å². The van der Waals surface area contributed by atoms with Crippen molar-refractivity contribution in [2.45, 2.75) is 13.0 Å². The summed E-state index contributed by atoms with van der Waals surface area (Å²) in [5.41, 5.74) is 2.17. The first-order valence-electron chi connectivity index (χ1n) is 5.69. The number of hydrogen-bond acceptors (Lipinski definition) is 5. The van der Waals surface area contributed by atoms with Crippen LogP contribution in [0.3, 0.4) is 0 Å². The van der Waals surface area contributed by atoms with E-state index in [4.69, 9.17) is 0 Å². The van der Waals surface area contributed by atoms with Gasteiger partial charge in [-0.15, -0.1) is 11.3 Å². The highest BCUT2D eigenvalue weighted by Crippen LogP contribution is 2.27. The number of pyridine rings is 1. The molecule has 3 aromatic heterocycles. The van der Waals surface area contributed by atoms with Crippen LogP contribution in [-0.2, 0) is 0 Å². The van der Waals surface area contributed by atoms with Crippen molar-refractivity contribution < 1.29 is 0 Å². The molecule has 0 spiro atoms. The second kappa shape index (κ2) is 4.70. The highest BCUT2D eigenvalue weighted by atomic mass is 32.1. The molecule has 5 heteroatoms. The van der Waals surface area contributed by atoms with Crippen molar-refractivity contribution in [3.63, 3.8) is 0 Å². The van der Waals surface area contributed by atoms with Crippen molar-refractivity contribution in [2.75, 3.05) is 5.32 Å². The van der Waals surface area contributed by atoms with Gasteiger partial charge in [-0.05, 0) is 36.1 Å². The van der Waals surface area contributed by atoms with Gasteiger partial charge in [-0.1, -0.05) is 0 Å². The molecule has 0 radical (unpaired) electrons. The largest absolute Gasteiger partial charge is 0.362 e. The van der Waals surface area contributed by atoms with E-state index in [0.29, 0.717) is 0 Å². The van der Waals surface area contributed by atoms with Gasteiger partial charge in [0, 0.05) is 12.4 Å². The summed E-state index contributed by atoms with van der Waals surface area (Å²) in [6.45, 7) is 2.11. The summed E-state index contributed by atoms with van der Waals surface area (Å²) in [6, 6.07) is 6.20. The zero-order valence-electron chi connectivity index (χ0n) is 9.87. The van der Waals surface area contributed by atoms with Crippen LogP contribution in [-0.4, -0.2) is 15.0 Å². The molecule has 0 fully saturated rings. The molecule has 0 aliphatic rings.